The molecule has 0 aromatic heterocycles. The average molecular weight is 615 g/mol. The molecule has 2 fully saturated rings. The summed E-state index contributed by atoms with van der Waals surface area (Å²) in [6, 6.07) is 28.5. The zero-order chi connectivity index (χ0) is 27.5. The number of amides is 1. The van der Waals surface area contributed by atoms with Gasteiger partial charge in [0.1, 0.15) is 12.4 Å². The van der Waals surface area contributed by atoms with E-state index in [9.17, 15) is 4.79 Å². The number of carbonyl (C=O) groups is 1. The van der Waals surface area contributed by atoms with Crippen LogP contribution < -0.4 is 9.64 Å². The molecule has 8 heteroatoms. The molecule has 40 heavy (non-hydrogen) atoms. The Morgan fingerprint density at radius 3 is 2.60 bits per heavy atom. The maximum atomic E-state index is 13.2. The van der Waals surface area contributed by atoms with Gasteiger partial charge in [0.05, 0.1) is 23.8 Å². The number of hydrogen-bond acceptors (Lipinski definition) is 6. The van der Waals surface area contributed by atoms with Gasteiger partial charge in [-0.3, -0.25) is 9.69 Å². The summed E-state index contributed by atoms with van der Waals surface area (Å²) in [5.41, 5.74) is 3.90. The smallest absolute Gasteiger partial charge is 0.266 e. The van der Waals surface area contributed by atoms with Crippen molar-refractivity contribution in [3.63, 3.8) is 0 Å². The van der Waals surface area contributed by atoms with Crippen molar-refractivity contribution in [3.8, 4) is 5.75 Å². The number of aliphatic imine (C=N–C) groups is 1. The van der Waals surface area contributed by atoms with E-state index >= 15 is 0 Å². The molecule has 2 heterocycles. The number of ether oxygens (including phenoxy) is 2. The van der Waals surface area contributed by atoms with Gasteiger partial charge in [-0.25, -0.2) is 4.99 Å². The van der Waals surface area contributed by atoms with Gasteiger partial charge in [-0.05, 0) is 76.6 Å². The summed E-state index contributed by atoms with van der Waals surface area (Å²) in [6.07, 6.45) is 1.89. The Balaban J connectivity index is 1.21. The Bertz CT molecular complexity index is 1610. The first-order chi connectivity index (χ1) is 19.5. The zero-order valence-electron chi connectivity index (χ0n) is 22.0. The van der Waals surface area contributed by atoms with Gasteiger partial charge in [0.2, 0.25) is 0 Å². The molecule has 2 saturated heterocycles. The number of fused-ring (bicyclic) bond motifs is 1. The second-order valence-electron chi connectivity index (χ2n) is 9.59. The molecule has 2 aliphatic heterocycles. The number of morpholine rings is 1. The maximum Gasteiger partial charge on any atom is 0.266 e. The number of carbonyl (C=O) groups excluding carboxylic acids is 1. The minimum Gasteiger partial charge on any atom is -0.488 e. The van der Waals surface area contributed by atoms with E-state index in [1.807, 2.05) is 54.6 Å². The van der Waals surface area contributed by atoms with Crippen molar-refractivity contribution in [3.05, 3.63) is 105 Å². The van der Waals surface area contributed by atoms with Gasteiger partial charge in [-0.2, -0.15) is 0 Å². The van der Waals surface area contributed by atoms with E-state index in [1.54, 1.807) is 11.9 Å². The molecule has 0 spiro atoms. The molecule has 6 nitrogen and oxygen atoms in total. The highest BCUT2D eigenvalue weighted by Crippen LogP contribution is 2.36. The van der Waals surface area contributed by atoms with Gasteiger partial charge in [0, 0.05) is 35.9 Å². The number of halogens is 1. The molecule has 0 aliphatic carbocycles. The van der Waals surface area contributed by atoms with Crippen LogP contribution in [-0.4, -0.2) is 49.3 Å². The van der Waals surface area contributed by atoms with Crippen molar-refractivity contribution in [1.82, 2.24) is 4.90 Å². The summed E-state index contributed by atoms with van der Waals surface area (Å²) in [5, 5.41) is 2.99. The van der Waals surface area contributed by atoms with Gasteiger partial charge < -0.3 is 14.4 Å². The highest BCUT2D eigenvalue weighted by molar-refractivity contribution is 9.10. The lowest BCUT2D eigenvalue weighted by Crippen LogP contribution is -2.36. The number of thioether (sulfide) groups is 1. The van der Waals surface area contributed by atoms with Crippen LogP contribution in [0.25, 0.3) is 16.8 Å². The lowest BCUT2D eigenvalue weighted by molar-refractivity contribution is -0.121. The fourth-order valence-corrected chi connectivity index (χ4v) is 6.16. The molecule has 0 saturated carbocycles. The number of anilines is 1. The van der Waals surface area contributed by atoms with Crippen molar-refractivity contribution in [2.45, 2.75) is 6.61 Å². The SMILES string of the molecule is CN1C(=O)/C(=C/c2cc(Br)ccc2OCc2cccc3ccccc23)SC1=Nc1ccc(N2CCOCC2)cc1. The van der Waals surface area contributed by atoms with E-state index < -0.39 is 0 Å². The van der Waals surface area contributed by atoms with Crippen molar-refractivity contribution in [2.24, 2.45) is 4.99 Å². The molecule has 0 unspecified atom stereocenters. The second kappa shape index (κ2) is 11.9. The number of amidine groups is 1. The number of benzene rings is 4. The predicted molar refractivity (Wildman–Crippen MR) is 167 cm³/mol. The van der Waals surface area contributed by atoms with E-state index in [-0.39, 0.29) is 5.91 Å². The van der Waals surface area contributed by atoms with Crippen molar-refractivity contribution < 1.29 is 14.3 Å². The molecule has 6 rings (SSSR count). The monoisotopic (exact) mass is 613 g/mol. The largest absolute Gasteiger partial charge is 0.488 e. The molecule has 4 aromatic carbocycles. The zero-order valence-corrected chi connectivity index (χ0v) is 24.5. The summed E-state index contributed by atoms with van der Waals surface area (Å²) < 4.78 is 12.7. The maximum absolute atomic E-state index is 13.2. The first kappa shape index (κ1) is 26.6. The van der Waals surface area contributed by atoms with Crippen LogP contribution >= 0.6 is 27.7 Å². The number of likely N-dealkylation sites (N-methyl/N-ethyl adjacent to an activating group) is 1. The highest BCUT2D eigenvalue weighted by Gasteiger charge is 2.30. The molecular weight excluding hydrogens is 586 g/mol. The van der Waals surface area contributed by atoms with Crippen LogP contribution in [0.5, 0.6) is 5.75 Å². The number of rotatable bonds is 6. The van der Waals surface area contributed by atoms with Crippen LogP contribution in [0, 0.1) is 0 Å². The van der Waals surface area contributed by atoms with E-state index in [2.05, 4.69) is 57.2 Å². The molecule has 1 amide bonds. The molecule has 4 aromatic rings. The Hall–Kier alpha value is -3.59. The third-order valence-electron chi connectivity index (χ3n) is 6.98. The Morgan fingerprint density at radius 2 is 1.77 bits per heavy atom. The standard InChI is InChI=1S/C32H28BrN3O3S/c1-35-31(37)30(40-32(35)34-26-10-12-27(13-11-26)36-15-17-38-18-16-36)20-24-19-25(33)9-14-29(24)39-21-23-7-4-6-22-5-2-3-8-28(22)23/h2-14,19-20H,15-18,21H2,1H3/b30-20-,34-32?. The summed E-state index contributed by atoms with van der Waals surface area (Å²) in [7, 11) is 1.76. The van der Waals surface area contributed by atoms with Crippen LogP contribution in [0.1, 0.15) is 11.1 Å². The fourth-order valence-electron chi connectivity index (χ4n) is 4.80. The average Bonchev–Trinajstić information content (AvgIpc) is 3.25. The van der Waals surface area contributed by atoms with Crippen molar-refractivity contribution >= 4 is 67.0 Å². The molecule has 0 N–H and O–H groups in total. The Morgan fingerprint density at radius 1 is 1.00 bits per heavy atom. The third kappa shape index (κ3) is 5.80. The normalized spacial score (nSPS) is 17.8. The van der Waals surface area contributed by atoms with Crippen LogP contribution in [0.3, 0.4) is 0 Å². The molecule has 2 aliphatic rings. The summed E-state index contributed by atoms with van der Waals surface area (Å²) >= 11 is 4.94. The Labute approximate surface area is 246 Å². The van der Waals surface area contributed by atoms with Gasteiger partial charge >= 0.3 is 0 Å². The van der Waals surface area contributed by atoms with Crippen molar-refractivity contribution in [1.29, 1.82) is 0 Å². The lowest BCUT2D eigenvalue weighted by atomic mass is 10.1. The Kier molecular flexibility index (Phi) is 7.91. The van der Waals surface area contributed by atoms with Crippen LogP contribution in [-0.2, 0) is 16.1 Å². The topological polar surface area (TPSA) is 54.4 Å². The van der Waals surface area contributed by atoms with E-state index in [0.717, 1.165) is 53.3 Å². The van der Waals surface area contributed by atoms with Gasteiger partial charge in [0.25, 0.3) is 5.91 Å². The van der Waals surface area contributed by atoms with Gasteiger partial charge in [-0.1, -0.05) is 58.4 Å². The summed E-state index contributed by atoms with van der Waals surface area (Å²) in [4.78, 5) is 22.5. The van der Waals surface area contributed by atoms with Gasteiger partial charge in [-0.15, -0.1) is 0 Å². The third-order valence-corrected chi connectivity index (χ3v) is 8.53. The minimum atomic E-state index is -0.0892. The quantitative estimate of drug-likeness (QED) is 0.214. The first-order valence-corrected chi connectivity index (χ1v) is 14.7. The first-order valence-electron chi connectivity index (χ1n) is 13.1. The number of nitrogens with zero attached hydrogens (tertiary/aromatic N) is 3. The molecular formula is C32H28BrN3O3S. The number of hydrogen-bond donors (Lipinski definition) is 0. The van der Waals surface area contributed by atoms with Crippen molar-refractivity contribution in [2.75, 3.05) is 38.3 Å². The van der Waals surface area contributed by atoms with Gasteiger partial charge in [0.15, 0.2) is 5.17 Å². The van der Waals surface area contributed by atoms with Crippen LogP contribution in [0.4, 0.5) is 11.4 Å². The predicted octanol–water partition coefficient (Wildman–Crippen LogP) is 7.25. The second-order valence-corrected chi connectivity index (χ2v) is 11.5. The molecule has 0 atom stereocenters. The molecule has 202 valence electrons. The van der Waals surface area contributed by atoms with E-state index in [4.69, 9.17) is 14.5 Å². The molecule has 0 radical (unpaired) electrons. The highest BCUT2D eigenvalue weighted by atomic mass is 79.9. The molecule has 0 bridgehead atoms. The van der Waals surface area contributed by atoms with Crippen LogP contribution in [0.15, 0.2) is 99.3 Å². The summed E-state index contributed by atoms with van der Waals surface area (Å²) in [5.74, 6) is 0.623. The fraction of sp³-hybridized carbons (Fsp3) is 0.188. The van der Waals surface area contributed by atoms with Crippen LogP contribution in [0.2, 0.25) is 0 Å². The van der Waals surface area contributed by atoms with E-state index in [1.165, 1.54) is 22.5 Å². The van der Waals surface area contributed by atoms with E-state index in [0.29, 0.717) is 22.4 Å². The summed E-state index contributed by atoms with van der Waals surface area (Å²) in [6.45, 7) is 3.69. The lowest BCUT2D eigenvalue weighted by Gasteiger charge is -2.28. The minimum absolute atomic E-state index is 0.0892.